The summed E-state index contributed by atoms with van der Waals surface area (Å²) in [5.74, 6) is 0.856. The average Bonchev–Trinajstić information content (AvgIpc) is 2.46. The van der Waals surface area contributed by atoms with E-state index in [-0.39, 0.29) is 0 Å². The van der Waals surface area contributed by atoms with Crippen LogP contribution >= 0.6 is 27.3 Å². The van der Waals surface area contributed by atoms with Crippen LogP contribution in [0.3, 0.4) is 0 Å². The summed E-state index contributed by atoms with van der Waals surface area (Å²) in [6.07, 6.45) is 2.27. The van der Waals surface area contributed by atoms with Crippen LogP contribution in [0.25, 0.3) is 0 Å². The molecule has 0 saturated heterocycles. The van der Waals surface area contributed by atoms with Gasteiger partial charge in [-0.1, -0.05) is 13.8 Å². The van der Waals surface area contributed by atoms with E-state index in [1.807, 2.05) is 11.4 Å². The molecule has 0 spiro atoms. The van der Waals surface area contributed by atoms with E-state index in [4.69, 9.17) is 0 Å². The Morgan fingerprint density at radius 1 is 1.57 bits per heavy atom. The third-order valence-corrected chi connectivity index (χ3v) is 3.94. The predicted octanol–water partition coefficient (Wildman–Crippen LogP) is 4.06. The lowest BCUT2D eigenvalue weighted by molar-refractivity contribution is -0.119. The quantitative estimate of drug-likeness (QED) is 0.792. The smallest absolute Gasteiger partial charge is 0.133 e. The molecule has 0 amide bonds. The van der Waals surface area contributed by atoms with Crippen molar-refractivity contribution in [2.75, 3.05) is 0 Å². The van der Waals surface area contributed by atoms with Crippen molar-refractivity contribution in [3.05, 3.63) is 20.8 Å². The van der Waals surface area contributed by atoms with Gasteiger partial charge >= 0.3 is 0 Å². The summed E-state index contributed by atoms with van der Waals surface area (Å²) in [6.45, 7) is 4.16. The second-order valence-electron chi connectivity index (χ2n) is 3.83. The molecule has 1 rings (SSSR count). The molecular weight excluding hydrogens is 260 g/mol. The Morgan fingerprint density at radius 3 is 2.79 bits per heavy atom. The van der Waals surface area contributed by atoms with E-state index in [2.05, 4.69) is 29.8 Å². The summed E-state index contributed by atoms with van der Waals surface area (Å²) < 4.78 is 1.14. The maximum absolute atomic E-state index is 11.4. The van der Waals surface area contributed by atoms with E-state index >= 15 is 0 Å². The van der Waals surface area contributed by atoms with Crippen LogP contribution in [0.1, 0.15) is 31.6 Å². The first kappa shape index (κ1) is 11.9. The molecular formula is C11H15BrOS. The molecule has 0 bridgehead atoms. The molecule has 0 aromatic carbocycles. The van der Waals surface area contributed by atoms with Gasteiger partial charge in [0.15, 0.2) is 0 Å². The number of rotatable bonds is 5. The van der Waals surface area contributed by atoms with Gasteiger partial charge in [-0.3, -0.25) is 4.79 Å². The van der Waals surface area contributed by atoms with E-state index in [1.54, 1.807) is 11.3 Å². The van der Waals surface area contributed by atoms with Crippen molar-refractivity contribution in [2.45, 2.75) is 33.1 Å². The Hall–Kier alpha value is -0.150. The second kappa shape index (κ2) is 5.66. The third kappa shape index (κ3) is 3.93. The number of ketones is 1. The molecule has 1 nitrogen and oxygen atoms in total. The van der Waals surface area contributed by atoms with Gasteiger partial charge in [0.2, 0.25) is 0 Å². The van der Waals surface area contributed by atoms with Crippen LogP contribution in [-0.2, 0) is 11.2 Å². The SMILES string of the molecule is CC(C)CC(=O)CCc1sccc1Br. The molecule has 0 saturated carbocycles. The van der Waals surface area contributed by atoms with Crippen LogP contribution in [0, 0.1) is 5.92 Å². The lowest BCUT2D eigenvalue weighted by Crippen LogP contribution is -2.03. The van der Waals surface area contributed by atoms with Crippen molar-refractivity contribution in [1.82, 2.24) is 0 Å². The largest absolute Gasteiger partial charge is 0.300 e. The normalized spacial score (nSPS) is 10.9. The zero-order valence-corrected chi connectivity index (χ0v) is 11.0. The van der Waals surface area contributed by atoms with E-state index in [1.165, 1.54) is 4.88 Å². The molecule has 1 aromatic heterocycles. The minimum atomic E-state index is 0.375. The first-order chi connectivity index (χ1) is 6.59. The van der Waals surface area contributed by atoms with Crippen LogP contribution < -0.4 is 0 Å². The summed E-state index contributed by atoms with van der Waals surface area (Å²) in [7, 11) is 0. The highest BCUT2D eigenvalue weighted by Gasteiger charge is 2.07. The minimum absolute atomic E-state index is 0.375. The van der Waals surface area contributed by atoms with Crippen LogP contribution in [0.2, 0.25) is 0 Å². The highest BCUT2D eigenvalue weighted by atomic mass is 79.9. The maximum atomic E-state index is 11.4. The number of halogens is 1. The van der Waals surface area contributed by atoms with Gasteiger partial charge in [0.1, 0.15) is 5.78 Å². The molecule has 1 aromatic rings. The Morgan fingerprint density at radius 2 is 2.29 bits per heavy atom. The molecule has 0 radical (unpaired) electrons. The monoisotopic (exact) mass is 274 g/mol. The fraction of sp³-hybridized carbons (Fsp3) is 0.545. The summed E-state index contributed by atoms with van der Waals surface area (Å²) in [4.78, 5) is 12.7. The zero-order valence-electron chi connectivity index (χ0n) is 8.55. The van der Waals surface area contributed by atoms with Gasteiger partial charge in [-0.05, 0) is 39.7 Å². The zero-order chi connectivity index (χ0) is 10.6. The Balaban J connectivity index is 2.34. The highest BCUT2D eigenvalue weighted by molar-refractivity contribution is 9.10. The fourth-order valence-corrected chi connectivity index (χ4v) is 2.87. The molecule has 0 unspecified atom stereocenters. The average molecular weight is 275 g/mol. The van der Waals surface area contributed by atoms with E-state index in [0.29, 0.717) is 24.5 Å². The van der Waals surface area contributed by atoms with Gasteiger partial charge < -0.3 is 0 Å². The Kier molecular flexibility index (Phi) is 4.82. The van der Waals surface area contributed by atoms with Gasteiger partial charge in [0, 0.05) is 22.2 Å². The molecule has 0 N–H and O–H groups in total. The van der Waals surface area contributed by atoms with Crippen molar-refractivity contribution in [3.8, 4) is 0 Å². The summed E-state index contributed by atoms with van der Waals surface area (Å²) >= 11 is 5.18. The van der Waals surface area contributed by atoms with E-state index < -0.39 is 0 Å². The number of hydrogen-bond acceptors (Lipinski definition) is 2. The number of carbonyl (C=O) groups excluding carboxylic acids is 1. The van der Waals surface area contributed by atoms with E-state index in [0.717, 1.165) is 10.9 Å². The second-order valence-corrected chi connectivity index (χ2v) is 5.68. The number of carbonyl (C=O) groups is 1. The topological polar surface area (TPSA) is 17.1 Å². The highest BCUT2D eigenvalue weighted by Crippen LogP contribution is 2.24. The molecule has 0 fully saturated rings. The van der Waals surface area contributed by atoms with Crippen LogP contribution in [0.4, 0.5) is 0 Å². The first-order valence-corrected chi connectivity index (χ1v) is 6.50. The van der Waals surface area contributed by atoms with Gasteiger partial charge in [-0.2, -0.15) is 0 Å². The summed E-state index contributed by atoms with van der Waals surface area (Å²) in [5.41, 5.74) is 0. The number of aryl methyl sites for hydroxylation is 1. The maximum Gasteiger partial charge on any atom is 0.133 e. The third-order valence-electron chi connectivity index (χ3n) is 1.96. The van der Waals surface area contributed by atoms with E-state index in [9.17, 15) is 4.79 Å². The van der Waals surface area contributed by atoms with Gasteiger partial charge in [-0.15, -0.1) is 11.3 Å². The van der Waals surface area contributed by atoms with Gasteiger partial charge in [0.05, 0.1) is 0 Å². The van der Waals surface area contributed by atoms with Gasteiger partial charge in [-0.25, -0.2) is 0 Å². The van der Waals surface area contributed by atoms with Crippen molar-refractivity contribution in [3.63, 3.8) is 0 Å². The van der Waals surface area contributed by atoms with Crippen molar-refractivity contribution in [1.29, 1.82) is 0 Å². The Bertz CT molecular complexity index is 304. The molecule has 0 aliphatic carbocycles. The molecule has 3 heteroatoms. The first-order valence-electron chi connectivity index (χ1n) is 4.83. The van der Waals surface area contributed by atoms with Crippen LogP contribution in [0.5, 0.6) is 0 Å². The molecule has 0 aliphatic heterocycles. The van der Waals surface area contributed by atoms with Crippen LogP contribution in [-0.4, -0.2) is 5.78 Å². The summed E-state index contributed by atoms with van der Waals surface area (Å²) in [5, 5.41) is 2.05. The molecule has 14 heavy (non-hydrogen) atoms. The number of thiophene rings is 1. The molecule has 0 aliphatic rings. The minimum Gasteiger partial charge on any atom is -0.300 e. The Labute approximate surface area is 97.7 Å². The lowest BCUT2D eigenvalue weighted by atomic mass is 10.0. The number of hydrogen-bond donors (Lipinski definition) is 0. The lowest BCUT2D eigenvalue weighted by Gasteiger charge is -2.02. The fourth-order valence-electron chi connectivity index (χ4n) is 1.31. The molecule has 78 valence electrons. The molecule has 1 heterocycles. The van der Waals surface area contributed by atoms with Crippen molar-refractivity contribution >= 4 is 33.0 Å². The van der Waals surface area contributed by atoms with Gasteiger partial charge in [0.25, 0.3) is 0 Å². The standard InChI is InChI=1S/C11H15BrOS/c1-8(2)7-9(13)3-4-11-10(12)5-6-14-11/h5-6,8H,3-4,7H2,1-2H3. The molecule has 0 atom stereocenters. The number of Topliss-reactive ketones (excluding diaryl/α,β-unsaturated/α-hetero) is 1. The summed E-state index contributed by atoms with van der Waals surface area (Å²) in [6, 6.07) is 2.03. The van der Waals surface area contributed by atoms with Crippen molar-refractivity contribution in [2.24, 2.45) is 5.92 Å². The van der Waals surface area contributed by atoms with Crippen LogP contribution in [0.15, 0.2) is 15.9 Å². The van der Waals surface area contributed by atoms with Crippen molar-refractivity contribution < 1.29 is 4.79 Å². The predicted molar refractivity (Wildman–Crippen MR) is 64.8 cm³/mol.